The monoisotopic (exact) mass is 285 g/mol. The Labute approximate surface area is 114 Å². The molecule has 0 aliphatic carbocycles. The molecule has 0 atom stereocenters. The van der Waals surface area contributed by atoms with Crippen molar-refractivity contribution in [1.29, 1.82) is 0 Å². The molecule has 0 unspecified atom stereocenters. The third-order valence-electron chi connectivity index (χ3n) is 2.62. The third kappa shape index (κ3) is 3.64. The van der Waals surface area contributed by atoms with E-state index in [2.05, 4.69) is 5.32 Å². The molecule has 1 N–H and O–H groups in total. The van der Waals surface area contributed by atoms with Crippen molar-refractivity contribution < 1.29 is 13.2 Å². The van der Waals surface area contributed by atoms with Crippen LogP contribution < -0.4 is 5.32 Å². The number of benzene rings is 2. The first-order chi connectivity index (χ1) is 9.06. The Morgan fingerprint density at radius 2 is 1.89 bits per heavy atom. The molecule has 2 aromatic rings. The molecule has 0 saturated carbocycles. The Morgan fingerprint density at radius 1 is 1.11 bits per heavy atom. The molecule has 0 bridgehead atoms. The van der Waals surface area contributed by atoms with Gasteiger partial charge in [-0.05, 0) is 29.8 Å². The average molecular weight is 286 g/mol. The number of hydrogen-bond donors (Lipinski definition) is 1. The Hall–Kier alpha value is -1.68. The summed E-state index contributed by atoms with van der Waals surface area (Å²) in [6, 6.07) is 10.1. The van der Waals surface area contributed by atoms with Gasteiger partial charge in [0, 0.05) is 12.1 Å². The predicted molar refractivity (Wildman–Crippen MR) is 70.1 cm³/mol. The molecule has 0 spiro atoms. The fourth-order valence-electron chi connectivity index (χ4n) is 1.67. The number of rotatable bonds is 4. The second-order valence-electron chi connectivity index (χ2n) is 4.02. The van der Waals surface area contributed by atoms with Crippen LogP contribution in [-0.4, -0.2) is 0 Å². The Bertz CT molecular complexity index is 572. The summed E-state index contributed by atoms with van der Waals surface area (Å²) in [5.74, 6) is -0.421. The van der Waals surface area contributed by atoms with Gasteiger partial charge in [0.25, 0.3) is 6.43 Å². The zero-order valence-corrected chi connectivity index (χ0v) is 10.6. The van der Waals surface area contributed by atoms with Crippen molar-refractivity contribution in [3.05, 3.63) is 64.4 Å². The topological polar surface area (TPSA) is 12.0 Å². The number of nitrogens with one attached hydrogen (secondary N) is 1. The largest absolute Gasteiger partial charge is 0.380 e. The van der Waals surface area contributed by atoms with Crippen LogP contribution in [0.5, 0.6) is 0 Å². The maximum atomic E-state index is 12.9. The molecule has 100 valence electrons. The number of halogens is 4. The van der Waals surface area contributed by atoms with Gasteiger partial charge in [0.2, 0.25) is 0 Å². The van der Waals surface area contributed by atoms with Gasteiger partial charge in [-0.15, -0.1) is 0 Å². The van der Waals surface area contributed by atoms with Crippen molar-refractivity contribution in [1.82, 2.24) is 0 Å². The zero-order chi connectivity index (χ0) is 13.8. The lowest BCUT2D eigenvalue weighted by Gasteiger charge is -2.09. The van der Waals surface area contributed by atoms with Crippen LogP contribution >= 0.6 is 11.6 Å². The quantitative estimate of drug-likeness (QED) is 0.831. The molecular weight excluding hydrogens is 275 g/mol. The highest BCUT2D eigenvalue weighted by Crippen LogP contribution is 2.24. The van der Waals surface area contributed by atoms with Crippen LogP contribution in [0, 0.1) is 5.82 Å². The van der Waals surface area contributed by atoms with Gasteiger partial charge in [0.1, 0.15) is 5.82 Å². The SMILES string of the molecule is Fc1ccc(NCc2cccc(C(F)F)c2)c(Cl)c1. The molecule has 2 rings (SSSR count). The predicted octanol–water partition coefficient (Wildman–Crippen LogP) is 5.03. The number of hydrogen-bond acceptors (Lipinski definition) is 1. The first-order valence-corrected chi connectivity index (χ1v) is 6.00. The van der Waals surface area contributed by atoms with E-state index in [1.54, 1.807) is 12.1 Å². The number of anilines is 1. The highest BCUT2D eigenvalue weighted by molar-refractivity contribution is 6.33. The molecule has 0 aliphatic rings. The molecule has 1 nitrogen and oxygen atoms in total. The lowest BCUT2D eigenvalue weighted by atomic mass is 10.1. The Morgan fingerprint density at radius 3 is 2.58 bits per heavy atom. The molecular formula is C14H11ClF3N. The second-order valence-corrected chi connectivity index (χ2v) is 4.43. The normalized spacial score (nSPS) is 10.8. The minimum absolute atomic E-state index is 0.0236. The summed E-state index contributed by atoms with van der Waals surface area (Å²) in [5.41, 5.74) is 1.24. The molecule has 5 heteroatoms. The van der Waals surface area contributed by atoms with E-state index < -0.39 is 12.2 Å². The van der Waals surface area contributed by atoms with Crippen LogP contribution in [0.3, 0.4) is 0 Å². The first-order valence-electron chi connectivity index (χ1n) is 5.62. The van der Waals surface area contributed by atoms with Crippen molar-refractivity contribution in [2.75, 3.05) is 5.32 Å². The summed E-state index contributed by atoms with van der Waals surface area (Å²) < 4.78 is 37.9. The molecule has 0 amide bonds. The van der Waals surface area contributed by atoms with Crippen LogP contribution in [-0.2, 0) is 6.54 Å². The third-order valence-corrected chi connectivity index (χ3v) is 2.93. The fourth-order valence-corrected chi connectivity index (χ4v) is 1.90. The summed E-state index contributed by atoms with van der Waals surface area (Å²) in [5, 5.41) is 3.23. The van der Waals surface area contributed by atoms with Crippen molar-refractivity contribution in [2.24, 2.45) is 0 Å². The van der Waals surface area contributed by atoms with E-state index >= 15 is 0 Å². The molecule has 0 aliphatic heterocycles. The van der Waals surface area contributed by atoms with E-state index in [0.29, 0.717) is 17.8 Å². The van der Waals surface area contributed by atoms with Crippen LogP contribution in [0.1, 0.15) is 17.6 Å². The fraction of sp³-hybridized carbons (Fsp3) is 0.143. The summed E-state index contributed by atoms with van der Waals surface area (Å²) in [7, 11) is 0. The van der Waals surface area contributed by atoms with E-state index in [1.807, 2.05) is 0 Å². The Kier molecular flexibility index (Phi) is 4.32. The maximum absolute atomic E-state index is 12.9. The van der Waals surface area contributed by atoms with Crippen LogP contribution in [0.15, 0.2) is 42.5 Å². The zero-order valence-electron chi connectivity index (χ0n) is 9.84. The van der Waals surface area contributed by atoms with Gasteiger partial charge >= 0.3 is 0 Å². The molecule has 0 aromatic heterocycles. The van der Waals surface area contributed by atoms with Gasteiger partial charge in [0.15, 0.2) is 0 Å². The van der Waals surface area contributed by atoms with E-state index in [0.717, 1.165) is 0 Å². The van der Waals surface area contributed by atoms with Crippen LogP contribution in [0.4, 0.5) is 18.9 Å². The van der Waals surface area contributed by atoms with E-state index in [-0.39, 0.29) is 10.6 Å². The summed E-state index contributed by atoms with van der Waals surface area (Å²) >= 11 is 5.85. The van der Waals surface area contributed by atoms with Gasteiger partial charge in [-0.25, -0.2) is 13.2 Å². The van der Waals surface area contributed by atoms with Crippen molar-refractivity contribution in [2.45, 2.75) is 13.0 Å². The van der Waals surface area contributed by atoms with E-state index in [9.17, 15) is 13.2 Å². The first kappa shape index (κ1) is 13.7. The van der Waals surface area contributed by atoms with Gasteiger partial charge in [-0.1, -0.05) is 29.8 Å². The van der Waals surface area contributed by atoms with E-state index in [1.165, 1.54) is 30.3 Å². The maximum Gasteiger partial charge on any atom is 0.263 e. The molecule has 0 fully saturated rings. The molecule has 0 radical (unpaired) electrons. The molecule has 19 heavy (non-hydrogen) atoms. The van der Waals surface area contributed by atoms with E-state index in [4.69, 9.17) is 11.6 Å². The number of alkyl halides is 2. The molecule has 0 heterocycles. The molecule has 0 saturated heterocycles. The lowest BCUT2D eigenvalue weighted by molar-refractivity contribution is 0.151. The molecule has 2 aromatic carbocycles. The summed E-state index contributed by atoms with van der Waals surface area (Å²) in [6.07, 6.45) is -2.49. The minimum Gasteiger partial charge on any atom is -0.380 e. The Balaban J connectivity index is 2.08. The highest BCUT2D eigenvalue weighted by atomic mass is 35.5. The van der Waals surface area contributed by atoms with Crippen molar-refractivity contribution >= 4 is 17.3 Å². The van der Waals surface area contributed by atoms with Gasteiger partial charge in [0.05, 0.1) is 10.7 Å². The summed E-state index contributed by atoms with van der Waals surface area (Å²) in [6.45, 7) is 0.339. The second kappa shape index (κ2) is 5.97. The van der Waals surface area contributed by atoms with Gasteiger partial charge in [-0.3, -0.25) is 0 Å². The smallest absolute Gasteiger partial charge is 0.263 e. The average Bonchev–Trinajstić information content (AvgIpc) is 2.38. The van der Waals surface area contributed by atoms with Gasteiger partial charge < -0.3 is 5.32 Å². The van der Waals surface area contributed by atoms with Crippen LogP contribution in [0.2, 0.25) is 5.02 Å². The minimum atomic E-state index is -2.49. The van der Waals surface area contributed by atoms with Crippen molar-refractivity contribution in [3.8, 4) is 0 Å². The van der Waals surface area contributed by atoms with Gasteiger partial charge in [-0.2, -0.15) is 0 Å². The van der Waals surface area contributed by atoms with Crippen molar-refractivity contribution in [3.63, 3.8) is 0 Å². The standard InChI is InChI=1S/C14H11ClF3N/c15-12-7-11(16)4-5-13(12)19-8-9-2-1-3-10(6-9)14(17)18/h1-7,14,19H,8H2. The summed E-state index contributed by atoms with van der Waals surface area (Å²) in [4.78, 5) is 0. The highest BCUT2D eigenvalue weighted by Gasteiger charge is 2.07. The van der Waals surface area contributed by atoms with Crippen LogP contribution in [0.25, 0.3) is 0 Å². The lowest BCUT2D eigenvalue weighted by Crippen LogP contribution is -2.01.